The van der Waals surface area contributed by atoms with Gasteiger partial charge in [-0.25, -0.2) is 0 Å². The number of aryl methyl sites for hydroxylation is 1. The van der Waals surface area contributed by atoms with Crippen LogP contribution in [0.4, 0.5) is 0 Å². The van der Waals surface area contributed by atoms with Crippen molar-refractivity contribution in [3.63, 3.8) is 0 Å². The van der Waals surface area contributed by atoms with E-state index in [1.807, 2.05) is 6.92 Å². The highest BCUT2D eigenvalue weighted by atomic mass is 32.2. The molecule has 1 rings (SSSR count). The highest BCUT2D eigenvalue weighted by Crippen LogP contribution is 2.15. The van der Waals surface area contributed by atoms with E-state index in [0.717, 1.165) is 5.75 Å². The van der Waals surface area contributed by atoms with Crippen LogP contribution in [0.5, 0.6) is 0 Å². The maximum absolute atomic E-state index is 5.54. The summed E-state index contributed by atoms with van der Waals surface area (Å²) in [6.07, 6.45) is 0. The molecule has 1 aromatic heterocycles. The van der Waals surface area contributed by atoms with Gasteiger partial charge in [-0.05, 0) is 6.92 Å². The van der Waals surface area contributed by atoms with Crippen LogP contribution in [-0.2, 0) is 0 Å². The molecule has 0 bridgehead atoms. The van der Waals surface area contributed by atoms with Crippen LogP contribution in [0.3, 0.4) is 0 Å². The van der Waals surface area contributed by atoms with Crippen molar-refractivity contribution in [3.05, 3.63) is 5.89 Å². The van der Waals surface area contributed by atoms with Crippen molar-refractivity contribution in [3.8, 4) is 0 Å². The first-order chi connectivity index (χ1) is 5.18. The Morgan fingerprint density at radius 2 is 2.36 bits per heavy atom. The third-order valence-corrected chi connectivity index (χ3v) is 2.08. The van der Waals surface area contributed by atoms with Gasteiger partial charge in [-0.1, -0.05) is 11.8 Å². The number of thioether (sulfide) groups is 1. The molecule has 2 N–H and O–H groups in total. The number of hydrogen-bond acceptors (Lipinski definition) is 5. The zero-order valence-corrected chi connectivity index (χ0v) is 7.39. The van der Waals surface area contributed by atoms with E-state index in [1.165, 1.54) is 11.8 Å². The third kappa shape index (κ3) is 2.90. The molecule has 0 fully saturated rings. The molecule has 1 unspecified atom stereocenters. The number of hydrogen-bond donors (Lipinski definition) is 1. The summed E-state index contributed by atoms with van der Waals surface area (Å²) < 4.78 is 5.12. The molecule has 5 heteroatoms. The lowest BCUT2D eigenvalue weighted by Gasteiger charge is -1.98. The Labute approximate surface area is 69.6 Å². The van der Waals surface area contributed by atoms with Crippen LogP contribution in [-0.4, -0.2) is 22.0 Å². The highest BCUT2D eigenvalue weighted by Gasteiger charge is 2.03. The van der Waals surface area contributed by atoms with E-state index in [4.69, 9.17) is 10.2 Å². The Hall–Kier alpha value is -0.550. The minimum absolute atomic E-state index is 0.159. The fourth-order valence-electron chi connectivity index (χ4n) is 0.539. The van der Waals surface area contributed by atoms with Crippen LogP contribution in [0.15, 0.2) is 9.64 Å². The van der Waals surface area contributed by atoms with Crippen LogP contribution in [0.2, 0.25) is 0 Å². The van der Waals surface area contributed by atoms with Crippen molar-refractivity contribution >= 4 is 11.8 Å². The molecule has 0 aliphatic rings. The molecule has 0 aliphatic heterocycles. The summed E-state index contributed by atoms with van der Waals surface area (Å²) in [6.45, 7) is 3.71. The standard InChI is InChI=1S/C6H11N3OS/c1-4(7)3-11-6-9-8-5(2)10-6/h4H,3,7H2,1-2H3. The normalized spacial score (nSPS) is 13.4. The Morgan fingerprint density at radius 1 is 1.64 bits per heavy atom. The van der Waals surface area contributed by atoms with Crippen molar-refractivity contribution in [1.82, 2.24) is 10.2 Å². The van der Waals surface area contributed by atoms with E-state index >= 15 is 0 Å². The van der Waals surface area contributed by atoms with Gasteiger partial charge >= 0.3 is 0 Å². The van der Waals surface area contributed by atoms with E-state index in [1.54, 1.807) is 6.92 Å². The topological polar surface area (TPSA) is 64.9 Å². The first-order valence-corrected chi connectivity index (χ1v) is 4.35. The minimum atomic E-state index is 0.159. The maximum atomic E-state index is 5.54. The first-order valence-electron chi connectivity index (χ1n) is 3.37. The summed E-state index contributed by atoms with van der Waals surface area (Å²) >= 11 is 1.48. The molecule has 1 atom stereocenters. The molecule has 0 aliphatic carbocycles. The lowest BCUT2D eigenvalue weighted by atomic mass is 10.4. The summed E-state index contributed by atoms with van der Waals surface area (Å²) in [4.78, 5) is 0. The third-order valence-electron chi connectivity index (χ3n) is 0.977. The summed E-state index contributed by atoms with van der Waals surface area (Å²) in [5.74, 6) is 1.40. The lowest BCUT2D eigenvalue weighted by molar-refractivity contribution is 0.429. The Bertz CT molecular complexity index is 223. The Kier molecular flexibility index (Phi) is 2.90. The number of nitrogens with two attached hydrogens (primary N) is 1. The fraction of sp³-hybridized carbons (Fsp3) is 0.667. The van der Waals surface area contributed by atoms with Gasteiger partial charge in [0.25, 0.3) is 5.22 Å². The molecular formula is C6H11N3OS. The first kappa shape index (κ1) is 8.55. The average molecular weight is 173 g/mol. The summed E-state index contributed by atoms with van der Waals surface area (Å²) in [5, 5.41) is 8.09. The number of aromatic nitrogens is 2. The summed E-state index contributed by atoms with van der Waals surface area (Å²) in [5.41, 5.74) is 5.54. The zero-order chi connectivity index (χ0) is 8.27. The maximum Gasteiger partial charge on any atom is 0.276 e. The molecule has 11 heavy (non-hydrogen) atoms. The summed E-state index contributed by atoms with van der Waals surface area (Å²) in [6, 6.07) is 0.159. The molecule has 0 radical (unpaired) electrons. The second-order valence-corrected chi connectivity index (χ2v) is 3.35. The lowest BCUT2D eigenvalue weighted by Crippen LogP contribution is -2.17. The predicted octanol–water partition coefficient (Wildman–Crippen LogP) is 0.817. The highest BCUT2D eigenvalue weighted by molar-refractivity contribution is 7.99. The van der Waals surface area contributed by atoms with Gasteiger partial charge in [0.2, 0.25) is 5.89 Å². The summed E-state index contributed by atoms with van der Waals surface area (Å²) in [7, 11) is 0. The van der Waals surface area contributed by atoms with Crippen LogP contribution in [0.25, 0.3) is 0 Å². The molecule has 0 aromatic carbocycles. The van der Waals surface area contributed by atoms with E-state index in [-0.39, 0.29) is 6.04 Å². The number of rotatable bonds is 3. The Balaban J connectivity index is 2.39. The van der Waals surface area contributed by atoms with Crippen molar-refractivity contribution < 1.29 is 4.42 Å². The molecule has 0 amide bonds. The zero-order valence-electron chi connectivity index (χ0n) is 6.57. The molecule has 0 saturated carbocycles. The van der Waals surface area contributed by atoms with Gasteiger partial charge in [-0.15, -0.1) is 10.2 Å². The quantitative estimate of drug-likeness (QED) is 0.685. The van der Waals surface area contributed by atoms with Crippen LogP contribution in [0.1, 0.15) is 12.8 Å². The van der Waals surface area contributed by atoms with E-state index in [0.29, 0.717) is 11.1 Å². The monoisotopic (exact) mass is 173 g/mol. The molecule has 1 heterocycles. The molecule has 62 valence electrons. The van der Waals surface area contributed by atoms with Crippen LogP contribution < -0.4 is 5.73 Å². The van der Waals surface area contributed by atoms with Crippen LogP contribution in [0, 0.1) is 6.92 Å². The SMILES string of the molecule is Cc1nnc(SCC(C)N)o1. The van der Waals surface area contributed by atoms with Crippen molar-refractivity contribution in [2.24, 2.45) is 5.73 Å². The molecule has 4 nitrogen and oxygen atoms in total. The average Bonchev–Trinajstić information content (AvgIpc) is 2.31. The largest absolute Gasteiger partial charge is 0.416 e. The fourth-order valence-corrected chi connectivity index (χ4v) is 1.22. The van der Waals surface area contributed by atoms with Gasteiger partial charge in [-0.2, -0.15) is 0 Å². The van der Waals surface area contributed by atoms with Gasteiger partial charge in [-0.3, -0.25) is 0 Å². The second-order valence-electron chi connectivity index (χ2n) is 2.38. The van der Waals surface area contributed by atoms with E-state index in [9.17, 15) is 0 Å². The van der Waals surface area contributed by atoms with Crippen molar-refractivity contribution in [2.75, 3.05) is 5.75 Å². The number of nitrogens with zero attached hydrogens (tertiary/aromatic N) is 2. The van der Waals surface area contributed by atoms with Gasteiger partial charge in [0.05, 0.1) is 0 Å². The second kappa shape index (κ2) is 3.73. The smallest absolute Gasteiger partial charge is 0.276 e. The van der Waals surface area contributed by atoms with Crippen LogP contribution >= 0.6 is 11.8 Å². The molecule has 0 spiro atoms. The van der Waals surface area contributed by atoms with Gasteiger partial charge in [0, 0.05) is 18.7 Å². The van der Waals surface area contributed by atoms with Gasteiger partial charge < -0.3 is 10.2 Å². The molecular weight excluding hydrogens is 162 g/mol. The minimum Gasteiger partial charge on any atom is -0.416 e. The predicted molar refractivity (Wildman–Crippen MR) is 43.4 cm³/mol. The van der Waals surface area contributed by atoms with Gasteiger partial charge in [0.1, 0.15) is 0 Å². The van der Waals surface area contributed by atoms with E-state index in [2.05, 4.69) is 10.2 Å². The van der Waals surface area contributed by atoms with Crippen molar-refractivity contribution in [1.29, 1.82) is 0 Å². The molecule has 0 saturated heterocycles. The van der Waals surface area contributed by atoms with Crippen molar-refractivity contribution in [2.45, 2.75) is 25.1 Å². The van der Waals surface area contributed by atoms with Gasteiger partial charge in [0.15, 0.2) is 0 Å². The Morgan fingerprint density at radius 3 is 2.82 bits per heavy atom. The molecule has 1 aromatic rings. The van der Waals surface area contributed by atoms with E-state index < -0.39 is 0 Å².